The minimum atomic E-state index is -0.190. The van der Waals surface area contributed by atoms with Gasteiger partial charge in [-0.3, -0.25) is 0 Å². The first kappa shape index (κ1) is 21.6. The van der Waals surface area contributed by atoms with Crippen molar-refractivity contribution in [2.75, 3.05) is 39.3 Å². The van der Waals surface area contributed by atoms with Gasteiger partial charge < -0.3 is 29.7 Å². The largest absolute Gasteiger partial charge is 0.497 e. The van der Waals surface area contributed by atoms with Crippen molar-refractivity contribution < 1.29 is 19.0 Å². The predicted octanol–water partition coefficient (Wildman–Crippen LogP) is 3.74. The number of rotatable bonds is 7. The fourth-order valence-corrected chi connectivity index (χ4v) is 3.75. The molecule has 1 saturated heterocycles. The number of anilines is 1. The van der Waals surface area contributed by atoms with Gasteiger partial charge >= 0.3 is 6.03 Å². The number of urea groups is 1. The van der Waals surface area contributed by atoms with Crippen LogP contribution in [0.1, 0.15) is 31.4 Å². The second-order valence-electron chi connectivity index (χ2n) is 7.41. The molecule has 7 heteroatoms. The van der Waals surface area contributed by atoms with Crippen LogP contribution in [0, 0.1) is 0 Å². The quantitative estimate of drug-likeness (QED) is 0.724. The van der Waals surface area contributed by atoms with Crippen LogP contribution in [0.2, 0.25) is 0 Å². The molecule has 2 amide bonds. The molecular formula is C23H31N3O4. The molecule has 0 bridgehead atoms. The molecule has 0 radical (unpaired) electrons. The summed E-state index contributed by atoms with van der Waals surface area (Å²) in [4.78, 5) is 14.9. The average Bonchev–Trinajstić information content (AvgIpc) is 2.79. The number of piperidine rings is 1. The zero-order chi connectivity index (χ0) is 21.5. The second kappa shape index (κ2) is 10.1. The molecule has 0 aromatic heterocycles. The Bertz CT molecular complexity index is 833. The van der Waals surface area contributed by atoms with Gasteiger partial charge in [0.2, 0.25) is 0 Å². The smallest absolute Gasteiger partial charge is 0.315 e. The number of nitrogens with zero attached hydrogens (tertiary/aromatic N) is 1. The molecule has 162 valence electrons. The van der Waals surface area contributed by atoms with Gasteiger partial charge in [0.25, 0.3) is 0 Å². The number of hydrogen-bond donors (Lipinski definition) is 2. The molecule has 30 heavy (non-hydrogen) atoms. The average molecular weight is 414 g/mol. The third-order valence-electron chi connectivity index (χ3n) is 5.52. The van der Waals surface area contributed by atoms with E-state index in [2.05, 4.69) is 27.7 Å². The second-order valence-corrected chi connectivity index (χ2v) is 7.41. The molecule has 2 aromatic carbocycles. The highest BCUT2D eigenvalue weighted by Gasteiger charge is 2.22. The molecular weight excluding hydrogens is 382 g/mol. The first-order valence-electron chi connectivity index (χ1n) is 10.2. The summed E-state index contributed by atoms with van der Waals surface area (Å²) >= 11 is 0. The van der Waals surface area contributed by atoms with Gasteiger partial charge in [-0.1, -0.05) is 0 Å². The van der Waals surface area contributed by atoms with Crippen molar-refractivity contribution in [1.82, 2.24) is 10.6 Å². The number of amides is 2. The zero-order valence-electron chi connectivity index (χ0n) is 18.1. The fourth-order valence-electron chi connectivity index (χ4n) is 3.75. The number of nitrogens with one attached hydrogen (secondary N) is 2. The van der Waals surface area contributed by atoms with Crippen LogP contribution in [0.25, 0.3) is 0 Å². The molecule has 1 heterocycles. The Morgan fingerprint density at radius 1 is 0.967 bits per heavy atom. The van der Waals surface area contributed by atoms with Crippen LogP contribution in [-0.4, -0.2) is 46.5 Å². The van der Waals surface area contributed by atoms with E-state index in [4.69, 9.17) is 14.2 Å². The Hall–Kier alpha value is -3.09. The van der Waals surface area contributed by atoms with Crippen molar-refractivity contribution in [3.8, 4) is 17.2 Å². The molecule has 1 aliphatic heterocycles. The van der Waals surface area contributed by atoms with Crippen molar-refractivity contribution in [2.24, 2.45) is 0 Å². The number of hydrogen-bond acceptors (Lipinski definition) is 5. The molecule has 2 N–H and O–H groups in total. The van der Waals surface area contributed by atoms with Crippen LogP contribution in [0.15, 0.2) is 42.5 Å². The predicted molar refractivity (Wildman–Crippen MR) is 118 cm³/mol. The summed E-state index contributed by atoms with van der Waals surface area (Å²) in [6.07, 6.45) is 1.80. The molecule has 0 spiro atoms. The summed E-state index contributed by atoms with van der Waals surface area (Å²) in [5.41, 5.74) is 2.08. The molecule has 7 nitrogen and oxygen atoms in total. The van der Waals surface area contributed by atoms with Crippen LogP contribution in [-0.2, 0) is 0 Å². The Kier molecular flexibility index (Phi) is 7.27. The lowest BCUT2D eigenvalue weighted by Crippen LogP contribution is -2.48. The number of ether oxygens (including phenoxy) is 3. The van der Waals surface area contributed by atoms with Crippen molar-refractivity contribution >= 4 is 11.7 Å². The maximum atomic E-state index is 12.5. The van der Waals surface area contributed by atoms with E-state index in [9.17, 15) is 4.79 Å². The van der Waals surface area contributed by atoms with E-state index < -0.39 is 0 Å². The topological polar surface area (TPSA) is 72.1 Å². The lowest BCUT2D eigenvalue weighted by molar-refractivity contribution is 0.231. The molecule has 2 aromatic rings. The van der Waals surface area contributed by atoms with Gasteiger partial charge in [0.05, 0.1) is 27.4 Å². The summed E-state index contributed by atoms with van der Waals surface area (Å²) in [5.74, 6) is 2.26. The molecule has 1 unspecified atom stereocenters. The van der Waals surface area contributed by atoms with E-state index in [1.54, 1.807) is 21.3 Å². The first-order valence-corrected chi connectivity index (χ1v) is 10.2. The molecule has 3 rings (SSSR count). The monoisotopic (exact) mass is 413 g/mol. The van der Waals surface area contributed by atoms with Gasteiger partial charge in [-0.05, 0) is 56.2 Å². The first-order chi connectivity index (χ1) is 14.5. The highest BCUT2D eigenvalue weighted by Crippen LogP contribution is 2.29. The summed E-state index contributed by atoms with van der Waals surface area (Å²) < 4.78 is 15.9. The summed E-state index contributed by atoms with van der Waals surface area (Å²) in [7, 11) is 4.90. The molecule has 0 aliphatic carbocycles. The van der Waals surface area contributed by atoms with Crippen molar-refractivity contribution in [1.29, 1.82) is 0 Å². The van der Waals surface area contributed by atoms with Gasteiger partial charge in [-0.15, -0.1) is 0 Å². The number of carbonyl (C=O) groups is 1. The fraction of sp³-hybridized carbons (Fsp3) is 0.435. The highest BCUT2D eigenvalue weighted by molar-refractivity contribution is 5.75. The van der Waals surface area contributed by atoms with E-state index in [0.717, 1.165) is 43.0 Å². The SMILES string of the molecule is COc1ccc(N2CCC(NC(=O)NC(C)c3ccc(OC)cc3OC)CC2)cc1. The molecule has 1 aliphatic rings. The van der Waals surface area contributed by atoms with Gasteiger partial charge in [-0.25, -0.2) is 4.79 Å². The zero-order valence-corrected chi connectivity index (χ0v) is 18.1. The van der Waals surface area contributed by atoms with E-state index in [1.807, 2.05) is 37.3 Å². The van der Waals surface area contributed by atoms with Crippen molar-refractivity contribution in [3.05, 3.63) is 48.0 Å². The van der Waals surface area contributed by atoms with Crippen LogP contribution >= 0.6 is 0 Å². The standard InChI is InChI=1S/C23H31N3O4/c1-16(21-10-9-20(29-3)15-22(21)30-4)24-23(27)25-17-11-13-26(14-12-17)18-5-7-19(28-2)8-6-18/h5-10,15-17H,11-14H2,1-4H3,(H2,24,25,27). The van der Waals surface area contributed by atoms with Gasteiger partial charge in [0, 0.05) is 36.4 Å². The van der Waals surface area contributed by atoms with Gasteiger partial charge in [0.15, 0.2) is 0 Å². The van der Waals surface area contributed by atoms with Crippen LogP contribution in [0.5, 0.6) is 17.2 Å². The summed E-state index contributed by atoms with van der Waals surface area (Å²) in [6, 6.07) is 13.5. The van der Waals surface area contributed by atoms with Crippen LogP contribution in [0.3, 0.4) is 0 Å². The Labute approximate surface area is 178 Å². The normalized spacial score (nSPS) is 15.3. The lowest BCUT2D eigenvalue weighted by Gasteiger charge is -2.34. The minimum Gasteiger partial charge on any atom is -0.497 e. The Morgan fingerprint density at radius 2 is 1.60 bits per heavy atom. The van der Waals surface area contributed by atoms with Crippen LogP contribution in [0.4, 0.5) is 10.5 Å². The molecule has 1 atom stereocenters. The van der Waals surface area contributed by atoms with E-state index in [1.165, 1.54) is 5.69 Å². The van der Waals surface area contributed by atoms with E-state index >= 15 is 0 Å². The maximum Gasteiger partial charge on any atom is 0.315 e. The summed E-state index contributed by atoms with van der Waals surface area (Å²) in [6.45, 7) is 3.74. The highest BCUT2D eigenvalue weighted by atomic mass is 16.5. The van der Waals surface area contributed by atoms with Gasteiger partial charge in [-0.2, -0.15) is 0 Å². The lowest BCUT2D eigenvalue weighted by atomic mass is 10.0. The minimum absolute atomic E-state index is 0.157. The molecule has 0 saturated carbocycles. The third-order valence-corrected chi connectivity index (χ3v) is 5.52. The number of benzene rings is 2. The Morgan fingerprint density at radius 3 is 2.20 bits per heavy atom. The van der Waals surface area contributed by atoms with Crippen molar-refractivity contribution in [2.45, 2.75) is 31.8 Å². The number of carbonyl (C=O) groups excluding carboxylic acids is 1. The summed E-state index contributed by atoms with van der Waals surface area (Å²) in [5, 5.41) is 6.12. The van der Waals surface area contributed by atoms with E-state index in [-0.39, 0.29) is 18.1 Å². The third kappa shape index (κ3) is 5.28. The van der Waals surface area contributed by atoms with Gasteiger partial charge in [0.1, 0.15) is 17.2 Å². The maximum absolute atomic E-state index is 12.5. The van der Waals surface area contributed by atoms with Crippen LogP contribution < -0.4 is 29.7 Å². The number of methoxy groups -OCH3 is 3. The van der Waals surface area contributed by atoms with E-state index in [0.29, 0.717) is 5.75 Å². The Balaban J connectivity index is 1.50. The molecule has 1 fully saturated rings. The van der Waals surface area contributed by atoms with Crippen molar-refractivity contribution in [3.63, 3.8) is 0 Å².